The summed E-state index contributed by atoms with van der Waals surface area (Å²) in [5.41, 5.74) is 2.20. The lowest BCUT2D eigenvalue weighted by molar-refractivity contribution is -0.137. The molecule has 2 atom stereocenters. The average molecular weight is 2180 g/mol. The number of fused-ring (bicyclic) bond motifs is 4. The molecular formula is C105H125IN12O27S2. The number of hydrogen-bond donors (Lipinski definition) is 5. The number of alkyl halides is 1. The Hall–Kier alpha value is -14.1. The molecule has 10 amide bonds. The van der Waals surface area contributed by atoms with Gasteiger partial charge in [-0.2, -0.15) is 0 Å². The number of ether oxygens (including phenoxy) is 8. The summed E-state index contributed by atoms with van der Waals surface area (Å²) in [5, 5.41) is 19.2. The number of ketones is 1. The van der Waals surface area contributed by atoms with E-state index in [0.717, 1.165) is 93.2 Å². The van der Waals surface area contributed by atoms with Crippen LogP contribution >= 0.6 is 22.6 Å². The van der Waals surface area contributed by atoms with E-state index in [1.54, 1.807) is 94.9 Å². The van der Waals surface area contributed by atoms with Crippen molar-refractivity contribution in [1.82, 2.24) is 59.1 Å². The number of carboxylic acids is 1. The SMILES string of the molecule is CCCCCCC(=O)COc1cccc2c1C(=O)N(C1CCC(=O)NC1=O)C2=O.CCCOc1cc(OCCCCN(C)C)cc(Oc2cc3c(cc2CS(=O)(=O)c2cccc(C(=O)NCCCCNC(=O)COc4cccc5c4C(=O)N(C4CCC(=O)NC4=O)C5=O)c2)n(C)c(=O)n3C)c1.CCCOc1cc(OCCCCN(C)C)cc(Oc2cc3c(cc2CS(=O)(=O)c2cccc(C(=O)O)c2)n(C)c(=O)n3C)c1.CI. The van der Waals surface area contributed by atoms with Crippen LogP contribution in [-0.2, 0) is 88.1 Å². The number of aryl methyl sites for hydroxylation is 4. The molecule has 39 nitrogen and oxygen atoms in total. The maximum Gasteiger partial charge on any atom is 0.335 e. The molecule has 0 radical (unpaired) electrons. The van der Waals surface area contributed by atoms with Crippen LogP contribution in [0.2, 0.25) is 0 Å². The molecular weight excluding hydrogens is 2050 g/mol. The number of amides is 10. The number of rotatable bonds is 48. The Morgan fingerprint density at radius 3 is 1.23 bits per heavy atom. The molecule has 2 unspecified atom stereocenters. The third-order valence-electron chi connectivity index (χ3n) is 24.3. The average Bonchev–Trinajstić information content (AvgIpc) is 1.61. The molecule has 42 heteroatoms. The van der Waals surface area contributed by atoms with Crippen LogP contribution in [0.3, 0.4) is 0 Å². The van der Waals surface area contributed by atoms with E-state index in [2.05, 4.69) is 60.6 Å². The summed E-state index contributed by atoms with van der Waals surface area (Å²) in [6.45, 7) is 9.65. The number of aromatic nitrogens is 4. The van der Waals surface area contributed by atoms with Crippen molar-refractivity contribution in [1.29, 1.82) is 0 Å². The summed E-state index contributed by atoms with van der Waals surface area (Å²) < 4.78 is 109. The van der Waals surface area contributed by atoms with Crippen molar-refractivity contribution in [2.24, 2.45) is 28.2 Å². The van der Waals surface area contributed by atoms with Crippen LogP contribution < -0.4 is 70.5 Å². The minimum Gasteiger partial charge on any atom is -0.493 e. The summed E-state index contributed by atoms with van der Waals surface area (Å²) in [6, 6.07) is 34.6. The second-order valence-electron chi connectivity index (χ2n) is 36.0. The van der Waals surface area contributed by atoms with E-state index in [1.807, 2.05) is 47.0 Å². The molecule has 0 spiro atoms. The van der Waals surface area contributed by atoms with Crippen molar-refractivity contribution >= 4 is 135 Å². The van der Waals surface area contributed by atoms with Gasteiger partial charge in [0.05, 0.1) is 97.6 Å². The monoisotopic (exact) mass is 2180 g/mol. The van der Waals surface area contributed by atoms with Gasteiger partial charge in [-0.3, -0.25) is 91.4 Å². The topological polar surface area (TPSA) is 482 Å². The van der Waals surface area contributed by atoms with Crippen LogP contribution in [-0.4, -0.2) is 242 Å². The quantitative estimate of drug-likeness (QED) is 0.0102. The lowest BCUT2D eigenvalue weighted by atomic mass is 10.0. The van der Waals surface area contributed by atoms with Crippen molar-refractivity contribution in [3.63, 3.8) is 0 Å². The number of aromatic carboxylic acids is 1. The summed E-state index contributed by atoms with van der Waals surface area (Å²) in [6.07, 6.45) is 10.5. The zero-order valence-electron chi connectivity index (χ0n) is 84.4. The van der Waals surface area contributed by atoms with E-state index >= 15 is 0 Å². The fraction of sp³-hybridized carbons (Fsp3) is 0.410. The van der Waals surface area contributed by atoms with Crippen LogP contribution in [0.25, 0.3) is 22.1 Å². The van der Waals surface area contributed by atoms with Crippen molar-refractivity contribution in [3.8, 4) is 57.5 Å². The van der Waals surface area contributed by atoms with Gasteiger partial charge in [-0.15, -0.1) is 0 Å². The number of piperidine rings is 2. The molecule has 14 rings (SSSR count). The summed E-state index contributed by atoms with van der Waals surface area (Å²) in [5.74, 6) is -4.97. The van der Waals surface area contributed by atoms with Gasteiger partial charge < -0.3 is 63.4 Å². The molecule has 2 saturated heterocycles. The number of sulfone groups is 2. The smallest absolute Gasteiger partial charge is 0.335 e. The highest BCUT2D eigenvalue weighted by molar-refractivity contribution is 14.1. The maximum atomic E-state index is 14.2. The van der Waals surface area contributed by atoms with E-state index < -0.39 is 115 Å². The second kappa shape index (κ2) is 52.8. The molecule has 10 aromatic rings. The third kappa shape index (κ3) is 29.4. The number of imidazole rings is 2. The van der Waals surface area contributed by atoms with Gasteiger partial charge in [-0.05, 0) is 190 Å². The lowest BCUT2D eigenvalue weighted by Crippen LogP contribution is -2.54. The zero-order chi connectivity index (χ0) is 107. The molecule has 0 bridgehead atoms. The highest BCUT2D eigenvalue weighted by atomic mass is 127. The number of carbonyl (C=O) groups excluding carboxylic acids is 11. The Morgan fingerprint density at radius 2 is 0.816 bits per heavy atom. The Kier molecular flexibility index (Phi) is 40.7. The Bertz CT molecular complexity index is 6950. The van der Waals surface area contributed by atoms with Gasteiger partial charge in [0.15, 0.2) is 32.1 Å². The molecule has 6 heterocycles. The van der Waals surface area contributed by atoms with Gasteiger partial charge in [0.2, 0.25) is 23.6 Å². The number of nitrogens with zero attached hydrogens (tertiary/aromatic N) is 8. The molecule has 4 aliphatic heterocycles. The van der Waals surface area contributed by atoms with E-state index in [1.165, 1.54) is 91.1 Å². The zero-order valence-corrected chi connectivity index (χ0v) is 88.1. The highest BCUT2D eigenvalue weighted by Gasteiger charge is 2.48. The van der Waals surface area contributed by atoms with Gasteiger partial charge in [-0.25, -0.2) is 31.2 Å². The molecule has 147 heavy (non-hydrogen) atoms. The molecule has 5 N–H and O–H groups in total. The van der Waals surface area contributed by atoms with Crippen molar-refractivity contribution in [2.45, 2.75) is 163 Å². The number of carboxylic acid groups (broad SMARTS) is 1. The first-order valence-corrected chi connectivity index (χ1v) is 53.9. The van der Waals surface area contributed by atoms with Gasteiger partial charge in [-0.1, -0.05) is 86.9 Å². The van der Waals surface area contributed by atoms with Crippen LogP contribution in [0.5, 0.6) is 57.5 Å². The van der Waals surface area contributed by atoms with Gasteiger partial charge in [0, 0.05) is 126 Å². The molecule has 0 saturated carbocycles. The lowest BCUT2D eigenvalue weighted by Gasteiger charge is -2.27. The molecule has 8 aromatic carbocycles. The number of imide groups is 4. The Balaban J connectivity index is 0.000000231. The molecule has 4 aliphatic rings. The summed E-state index contributed by atoms with van der Waals surface area (Å²) in [4.78, 5) is 183. The predicted molar refractivity (Wildman–Crippen MR) is 555 cm³/mol. The van der Waals surface area contributed by atoms with Crippen LogP contribution in [0.4, 0.5) is 0 Å². The van der Waals surface area contributed by atoms with E-state index in [4.69, 9.17) is 37.9 Å². The molecule has 2 aromatic heterocycles. The van der Waals surface area contributed by atoms with Crippen molar-refractivity contribution in [3.05, 3.63) is 211 Å². The van der Waals surface area contributed by atoms with E-state index in [-0.39, 0.29) is 134 Å². The third-order valence-corrected chi connectivity index (χ3v) is 27.6. The largest absolute Gasteiger partial charge is 0.493 e. The first kappa shape index (κ1) is 113. The number of Topliss-reactive ketones (excluding diaryl/α,β-unsaturated/α-hetero) is 1. The van der Waals surface area contributed by atoms with Gasteiger partial charge in [0.25, 0.3) is 35.4 Å². The number of halogens is 1. The minimum absolute atomic E-state index is 0.00331. The standard InChI is InChI=1S/C51H59N7O13S.C32H39N3O8S.C21H24N2O6.CH3I/c1-6-22-68-34-26-35(69-23-10-9-21-55(2)3)28-36(27-34)71-43-29-41-40(56(4)51(65)57(41)5)25-33(43)31-72(66,67)37-14-11-13-32(24-37)47(61)53-20-8-7-19-52-45(60)30-70-42-16-12-15-38-46(42)50(64)58(49(38)63)39-17-18-44(59)54-48(39)62;1-6-13-41-24-17-25(42-14-8-7-12-33(2)3)19-26(18-24)43-30-20-29-28(34(4)32(38)35(29)5)16-23(30)21-44(39,40)27-11-9-10-22(15-27)31(36)37;1-2-3-4-5-7-13(24)12-29-16-9-6-8-14-18(16)21(28)23(20(14)27)15-10-11-17(25)22-19(15)26;1-2/h11-16,24-29,39H,6-10,17-23,30-31H2,1-5H3,(H,52,60)(H,53,61)(H,54,59,62);9-11,15-20H,6-8,12-14,21H2,1-5H3,(H,36,37);6,8-9,15H,2-5,7,10-12H2,1H3,(H,22,25,26);1H3. The maximum absolute atomic E-state index is 14.2. The first-order valence-electron chi connectivity index (χ1n) is 48.4. The molecule has 0 aliphatic carbocycles. The van der Waals surface area contributed by atoms with Crippen LogP contribution in [0, 0.1) is 0 Å². The normalized spacial score (nSPS) is 14.4. The minimum atomic E-state index is -4.12. The fourth-order valence-electron chi connectivity index (χ4n) is 16.6. The van der Waals surface area contributed by atoms with Crippen molar-refractivity contribution < 1.29 is 117 Å². The number of benzene rings is 8. The molecule has 2 fully saturated rings. The Morgan fingerprint density at radius 1 is 0.422 bits per heavy atom. The van der Waals surface area contributed by atoms with Gasteiger partial charge >= 0.3 is 17.3 Å². The van der Waals surface area contributed by atoms with E-state index in [0.29, 0.717) is 108 Å². The summed E-state index contributed by atoms with van der Waals surface area (Å²) >= 11 is 2.15. The van der Waals surface area contributed by atoms with Gasteiger partial charge in [0.1, 0.15) is 76.2 Å². The summed E-state index contributed by atoms with van der Waals surface area (Å²) in [7, 11) is 6.41. The van der Waals surface area contributed by atoms with Crippen molar-refractivity contribution in [2.75, 3.05) is 98.9 Å². The fourth-order valence-corrected chi connectivity index (χ4v) is 19.4. The van der Waals surface area contributed by atoms with E-state index in [9.17, 15) is 89.1 Å². The highest BCUT2D eigenvalue weighted by Crippen LogP contribution is 2.41. The molecule has 786 valence electrons. The van der Waals surface area contributed by atoms with Crippen LogP contribution in [0.15, 0.2) is 165 Å². The number of carbonyl (C=O) groups is 12. The number of nitrogens with one attached hydrogen (secondary N) is 4. The Labute approximate surface area is 865 Å². The predicted octanol–water partition coefficient (Wildman–Crippen LogP) is 12.2. The number of unbranched alkanes of at least 4 members (excludes halogenated alkanes) is 6. The number of hydrogen-bond acceptors (Lipinski definition) is 28. The second-order valence-corrected chi connectivity index (χ2v) is 39.9. The first-order chi connectivity index (χ1) is 70.3. The van der Waals surface area contributed by atoms with Crippen LogP contribution in [0.1, 0.15) is 203 Å².